The van der Waals surface area contributed by atoms with Gasteiger partial charge in [-0.1, -0.05) is 24.2 Å². The van der Waals surface area contributed by atoms with E-state index in [-0.39, 0.29) is 52.2 Å². The van der Waals surface area contributed by atoms with Gasteiger partial charge in [-0.3, -0.25) is 14.4 Å². The number of fused-ring (bicyclic) bond motifs is 3. The van der Waals surface area contributed by atoms with Crippen molar-refractivity contribution >= 4 is 33.0 Å². The van der Waals surface area contributed by atoms with Crippen molar-refractivity contribution in [2.24, 2.45) is 7.05 Å². The van der Waals surface area contributed by atoms with Crippen molar-refractivity contribution < 1.29 is 31.6 Å². The van der Waals surface area contributed by atoms with Crippen molar-refractivity contribution in [1.82, 2.24) is 30.1 Å². The number of thiophene rings is 1. The van der Waals surface area contributed by atoms with Crippen LogP contribution in [-0.2, 0) is 20.0 Å². The van der Waals surface area contributed by atoms with E-state index >= 15 is 4.39 Å². The van der Waals surface area contributed by atoms with E-state index in [0.29, 0.717) is 22.2 Å². The van der Waals surface area contributed by atoms with E-state index in [1.54, 1.807) is 25.2 Å². The van der Waals surface area contributed by atoms with Gasteiger partial charge in [-0.05, 0) is 42.8 Å². The van der Waals surface area contributed by atoms with Crippen LogP contribution in [0.5, 0.6) is 5.88 Å². The standard InChI is InChI=1S/C28H31F4N7O3S/c1-4-39-14-8-9-20(39)22(29)19(10-14)34-18-7-5-6-15-16(11-28(30,31)32)24(43-23(15)18)25-35-21(42-37-25)12-33-26(40)17-13-38(2)36-27(17)41-3/h5-7,13-14,19-20,22,34H,4,8-12H2,1-3H3,(H,33,40)/t14-,19-,20+,22-/m1/s1. The fourth-order valence-corrected chi connectivity index (χ4v) is 7.59. The van der Waals surface area contributed by atoms with Crippen LogP contribution in [0, 0.1) is 0 Å². The van der Waals surface area contributed by atoms with Crippen LogP contribution in [0.3, 0.4) is 0 Å². The highest BCUT2D eigenvalue weighted by Gasteiger charge is 2.47. The van der Waals surface area contributed by atoms with Crippen molar-refractivity contribution in [3.63, 3.8) is 0 Å². The number of benzene rings is 1. The summed E-state index contributed by atoms with van der Waals surface area (Å²) in [6.07, 6.45) is -2.93. The van der Waals surface area contributed by atoms with E-state index in [9.17, 15) is 18.0 Å². The molecule has 43 heavy (non-hydrogen) atoms. The fourth-order valence-electron chi connectivity index (χ4n) is 6.37. The van der Waals surface area contributed by atoms with Crippen molar-refractivity contribution in [3.05, 3.63) is 41.4 Å². The molecule has 2 N–H and O–H groups in total. The maximum atomic E-state index is 15.6. The summed E-state index contributed by atoms with van der Waals surface area (Å²) in [7, 11) is 3.03. The lowest BCUT2D eigenvalue weighted by Gasteiger charge is -2.41. The first-order valence-corrected chi connectivity index (χ1v) is 14.8. The average molecular weight is 622 g/mol. The highest BCUT2D eigenvalue weighted by atomic mass is 32.1. The number of halogens is 4. The van der Waals surface area contributed by atoms with Crippen LogP contribution in [0.25, 0.3) is 20.8 Å². The second kappa shape index (κ2) is 11.4. The van der Waals surface area contributed by atoms with Gasteiger partial charge in [-0.2, -0.15) is 18.2 Å². The third-order valence-corrected chi connectivity index (χ3v) is 9.45. The zero-order chi connectivity index (χ0) is 30.5. The first-order valence-electron chi connectivity index (χ1n) is 14.0. The number of hydrogen-bond donors (Lipinski definition) is 2. The predicted octanol–water partition coefficient (Wildman–Crippen LogP) is 5.10. The van der Waals surface area contributed by atoms with Gasteiger partial charge >= 0.3 is 6.18 Å². The normalized spacial score (nSPS) is 22.3. The van der Waals surface area contributed by atoms with Gasteiger partial charge in [0.15, 0.2) is 0 Å². The Morgan fingerprint density at radius 1 is 1.28 bits per heavy atom. The Bertz CT molecular complexity index is 1630. The summed E-state index contributed by atoms with van der Waals surface area (Å²) >= 11 is 1.10. The quantitative estimate of drug-likeness (QED) is 0.249. The largest absolute Gasteiger partial charge is 0.479 e. The van der Waals surface area contributed by atoms with Crippen molar-refractivity contribution in [3.8, 4) is 16.6 Å². The molecule has 5 heterocycles. The molecule has 6 rings (SSSR count). The Kier molecular flexibility index (Phi) is 7.79. The number of alkyl halides is 4. The molecule has 2 saturated heterocycles. The first-order chi connectivity index (χ1) is 20.6. The molecule has 1 amide bonds. The van der Waals surface area contributed by atoms with E-state index in [4.69, 9.17) is 9.26 Å². The lowest BCUT2D eigenvalue weighted by molar-refractivity contribution is -0.126. The van der Waals surface area contributed by atoms with Gasteiger partial charge in [0.1, 0.15) is 11.7 Å². The molecule has 15 heteroatoms. The summed E-state index contributed by atoms with van der Waals surface area (Å²) in [6, 6.07) is 4.76. The molecule has 0 aliphatic carbocycles. The summed E-state index contributed by atoms with van der Waals surface area (Å²) in [4.78, 5) is 19.3. The number of aromatic nitrogens is 4. The van der Waals surface area contributed by atoms with Gasteiger partial charge in [0.25, 0.3) is 5.91 Å². The van der Waals surface area contributed by atoms with Crippen LogP contribution in [0.1, 0.15) is 48.0 Å². The number of ether oxygens (including phenoxy) is 1. The molecular weight excluding hydrogens is 590 g/mol. The second-order valence-electron chi connectivity index (χ2n) is 10.9. The van der Waals surface area contributed by atoms with Crippen molar-refractivity contribution in [2.75, 3.05) is 19.0 Å². The summed E-state index contributed by atoms with van der Waals surface area (Å²) < 4.78 is 69.3. The second-order valence-corrected chi connectivity index (χ2v) is 11.9. The number of carbonyl (C=O) groups excluding carboxylic acids is 1. The fraction of sp³-hybridized carbons (Fsp3) is 0.500. The molecule has 2 fully saturated rings. The number of methoxy groups -OCH3 is 1. The van der Waals surface area contributed by atoms with Crippen LogP contribution >= 0.6 is 11.3 Å². The minimum atomic E-state index is -4.49. The Balaban J connectivity index is 1.27. The molecule has 2 aliphatic rings. The van der Waals surface area contributed by atoms with Gasteiger partial charge in [-0.25, -0.2) is 4.39 Å². The maximum absolute atomic E-state index is 15.6. The number of piperidine rings is 1. The van der Waals surface area contributed by atoms with Crippen molar-refractivity contribution in [2.45, 2.75) is 69.6 Å². The van der Waals surface area contributed by atoms with E-state index in [1.165, 1.54) is 18.0 Å². The molecule has 0 spiro atoms. The predicted molar refractivity (Wildman–Crippen MR) is 152 cm³/mol. The van der Waals surface area contributed by atoms with E-state index < -0.39 is 30.7 Å². The smallest absolute Gasteiger partial charge is 0.393 e. The maximum Gasteiger partial charge on any atom is 0.393 e. The molecule has 0 saturated carbocycles. The van der Waals surface area contributed by atoms with Crippen LogP contribution in [-0.4, -0.2) is 74.9 Å². The molecule has 0 unspecified atom stereocenters. The molecule has 2 aliphatic heterocycles. The van der Waals surface area contributed by atoms with E-state index in [0.717, 1.165) is 30.7 Å². The molecular formula is C28H31F4N7O3S. The number of amides is 1. The zero-order valence-electron chi connectivity index (χ0n) is 23.7. The Morgan fingerprint density at radius 2 is 2.09 bits per heavy atom. The lowest BCUT2D eigenvalue weighted by atomic mass is 9.95. The summed E-state index contributed by atoms with van der Waals surface area (Å²) in [5, 5.41) is 14.3. The van der Waals surface area contributed by atoms with Crippen molar-refractivity contribution in [1.29, 1.82) is 0 Å². The van der Waals surface area contributed by atoms with Gasteiger partial charge < -0.3 is 19.9 Å². The lowest BCUT2D eigenvalue weighted by Crippen LogP contribution is -2.54. The zero-order valence-corrected chi connectivity index (χ0v) is 24.6. The third kappa shape index (κ3) is 5.67. The number of carbonyl (C=O) groups is 1. The molecule has 3 aromatic heterocycles. The number of aryl methyl sites for hydroxylation is 1. The Labute approximate surface area is 248 Å². The SMILES string of the molecule is CCN1[C@@H]2CC[C@H]1[C@H](F)[C@H](Nc1cccc3c(CC(F)(F)F)c(-c4noc(CNC(=O)c5cn(C)nc5OC)n4)sc13)C2. The van der Waals surface area contributed by atoms with Crippen LogP contribution < -0.4 is 15.4 Å². The number of hydrogen-bond acceptors (Lipinski definition) is 9. The molecule has 230 valence electrons. The van der Waals surface area contributed by atoms with E-state index in [1.807, 2.05) is 6.92 Å². The molecule has 0 radical (unpaired) electrons. The molecule has 4 aromatic rings. The number of anilines is 1. The molecule has 10 nitrogen and oxygen atoms in total. The van der Waals surface area contributed by atoms with Crippen LogP contribution in [0.15, 0.2) is 28.9 Å². The van der Waals surface area contributed by atoms with Crippen LogP contribution in [0.2, 0.25) is 0 Å². The molecule has 1 aromatic carbocycles. The van der Waals surface area contributed by atoms with Gasteiger partial charge in [0, 0.05) is 25.3 Å². The van der Waals surface area contributed by atoms with Crippen LogP contribution in [0.4, 0.5) is 23.2 Å². The number of rotatable bonds is 9. The minimum absolute atomic E-state index is 0.0124. The van der Waals surface area contributed by atoms with Gasteiger partial charge in [-0.15, -0.1) is 16.4 Å². The summed E-state index contributed by atoms with van der Waals surface area (Å²) in [5.41, 5.74) is 0.798. The highest BCUT2D eigenvalue weighted by molar-refractivity contribution is 7.23. The van der Waals surface area contributed by atoms with Gasteiger partial charge in [0.2, 0.25) is 17.6 Å². The first kappa shape index (κ1) is 29.4. The monoisotopic (exact) mass is 621 g/mol. The Hall–Kier alpha value is -3.72. The molecule has 2 bridgehead atoms. The molecule has 4 atom stereocenters. The Morgan fingerprint density at radius 3 is 2.84 bits per heavy atom. The number of nitrogens with one attached hydrogen (secondary N) is 2. The third-order valence-electron chi connectivity index (χ3n) is 8.17. The summed E-state index contributed by atoms with van der Waals surface area (Å²) in [6.45, 7) is 2.67. The minimum Gasteiger partial charge on any atom is -0.479 e. The number of nitrogens with zero attached hydrogens (tertiary/aromatic N) is 5. The average Bonchev–Trinajstić information content (AvgIpc) is 3.74. The summed E-state index contributed by atoms with van der Waals surface area (Å²) in [5.74, 6) is -0.365. The van der Waals surface area contributed by atoms with Gasteiger partial charge in [0.05, 0.1) is 41.4 Å². The highest BCUT2D eigenvalue weighted by Crippen LogP contribution is 2.45. The topological polar surface area (TPSA) is 110 Å². The van der Waals surface area contributed by atoms with E-state index in [2.05, 4.69) is 30.8 Å².